The maximum atomic E-state index is 13.0. The summed E-state index contributed by atoms with van der Waals surface area (Å²) in [5, 5.41) is 9.06. The van der Waals surface area contributed by atoms with Gasteiger partial charge in [-0.2, -0.15) is 0 Å². The van der Waals surface area contributed by atoms with E-state index in [1.165, 1.54) is 28.0 Å². The van der Waals surface area contributed by atoms with Crippen LogP contribution in [0.1, 0.15) is 53.4 Å². The molecule has 1 atom stereocenters. The molecule has 1 N–H and O–H groups in total. The molecule has 1 saturated heterocycles. The number of halogens is 2. The van der Waals surface area contributed by atoms with E-state index < -0.39 is 34.8 Å². The van der Waals surface area contributed by atoms with Crippen LogP contribution in [0, 0.1) is 11.6 Å². The van der Waals surface area contributed by atoms with Crippen LogP contribution >= 0.6 is 0 Å². The standard InChI is InChI=1S/C16H26N2O5.C6H4F2/c1-11-9-18(14(22)23-15(2,3)4)16(7-5-6-8-16)13(21)17(11)10-12(19)20;7-5-2-1-3-6(8)4-5/h11H,5-10H2,1-4H3,(H,19,20);1-4H. The van der Waals surface area contributed by atoms with Crippen LogP contribution < -0.4 is 0 Å². The van der Waals surface area contributed by atoms with Crippen molar-refractivity contribution in [3.63, 3.8) is 0 Å². The van der Waals surface area contributed by atoms with Gasteiger partial charge in [-0.05, 0) is 52.7 Å². The highest BCUT2D eigenvalue weighted by Gasteiger charge is 2.55. The zero-order valence-corrected chi connectivity index (χ0v) is 18.4. The minimum absolute atomic E-state index is 0.262. The molecule has 0 aromatic heterocycles. The van der Waals surface area contributed by atoms with E-state index in [1.807, 2.05) is 0 Å². The fourth-order valence-electron chi connectivity index (χ4n) is 3.96. The number of carbonyl (C=O) groups is 3. The van der Waals surface area contributed by atoms with E-state index >= 15 is 0 Å². The van der Waals surface area contributed by atoms with Gasteiger partial charge in [0.15, 0.2) is 0 Å². The second kappa shape index (κ2) is 9.62. The van der Waals surface area contributed by atoms with E-state index in [9.17, 15) is 23.2 Å². The van der Waals surface area contributed by atoms with E-state index in [1.54, 1.807) is 27.7 Å². The van der Waals surface area contributed by atoms with Crippen molar-refractivity contribution in [1.29, 1.82) is 0 Å². The molecule has 2 fully saturated rings. The number of hydrogen-bond donors (Lipinski definition) is 1. The first kappa shape index (κ1) is 24.6. The second-order valence-corrected chi connectivity index (χ2v) is 8.95. The van der Waals surface area contributed by atoms with Gasteiger partial charge in [0.25, 0.3) is 0 Å². The topological polar surface area (TPSA) is 87.2 Å². The maximum absolute atomic E-state index is 13.0. The summed E-state index contributed by atoms with van der Waals surface area (Å²) in [5.41, 5.74) is -1.58. The van der Waals surface area contributed by atoms with Gasteiger partial charge in [0, 0.05) is 18.7 Å². The normalized spacial score (nSPS) is 20.3. The van der Waals surface area contributed by atoms with E-state index in [2.05, 4.69) is 0 Å². The highest BCUT2D eigenvalue weighted by Crippen LogP contribution is 2.41. The fraction of sp³-hybridized carbons (Fsp3) is 0.591. The molecule has 0 radical (unpaired) electrons. The van der Waals surface area contributed by atoms with Gasteiger partial charge >= 0.3 is 12.1 Å². The lowest BCUT2D eigenvalue weighted by Crippen LogP contribution is -2.69. The molecule has 1 unspecified atom stereocenters. The van der Waals surface area contributed by atoms with Crippen molar-refractivity contribution in [2.24, 2.45) is 0 Å². The van der Waals surface area contributed by atoms with E-state index in [-0.39, 0.29) is 18.5 Å². The predicted molar refractivity (Wildman–Crippen MR) is 109 cm³/mol. The van der Waals surface area contributed by atoms with Crippen LogP contribution in [-0.2, 0) is 14.3 Å². The first-order valence-electron chi connectivity index (χ1n) is 10.3. The number of benzene rings is 1. The Morgan fingerprint density at radius 1 is 1.19 bits per heavy atom. The highest BCUT2D eigenvalue weighted by molar-refractivity contribution is 5.93. The van der Waals surface area contributed by atoms with Gasteiger partial charge in [0.1, 0.15) is 29.3 Å². The Balaban J connectivity index is 0.000000357. The average Bonchev–Trinajstić information content (AvgIpc) is 3.11. The highest BCUT2D eigenvalue weighted by atomic mass is 19.1. The Morgan fingerprint density at radius 3 is 2.16 bits per heavy atom. The number of aliphatic carboxylic acids is 1. The molecule has 2 aliphatic rings. The molecular formula is C22H30F2N2O5. The zero-order valence-electron chi connectivity index (χ0n) is 18.4. The summed E-state index contributed by atoms with van der Waals surface area (Å²) in [6.45, 7) is 7.10. The van der Waals surface area contributed by atoms with Crippen LogP contribution in [0.3, 0.4) is 0 Å². The molecule has 7 nitrogen and oxygen atoms in total. The van der Waals surface area contributed by atoms with Crippen molar-refractivity contribution >= 4 is 18.0 Å². The molecule has 172 valence electrons. The van der Waals surface area contributed by atoms with Crippen LogP contribution in [0.25, 0.3) is 0 Å². The van der Waals surface area contributed by atoms with Crippen molar-refractivity contribution in [2.75, 3.05) is 13.1 Å². The summed E-state index contributed by atoms with van der Waals surface area (Å²) in [6, 6.07) is 4.20. The maximum Gasteiger partial charge on any atom is 0.411 e. The number of nitrogens with zero attached hydrogens (tertiary/aromatic N) is 2. The lowest BCUT2D eigenvalue weighted by molar-refractivity contribution is -0.160. The third-order valence-electron chi connectivity index (χ3n) is 5.29. The number of amides is 2. The summed E-state index contributed by atoms with van der Waals surface area (Å²) in [7, 11) is 0. The molecule has 1 aromatic rings. The molecule has 3 rings (SSSR count). The summed E-state index contributed by atoms with van der Waals surface area (Å²) >= 11 is 0. The van der Waals surface area contributed by atoms with Crippen molar-refractivity contribution in [3.8, 4) is 0 Å². The second-order valence-electron chi connectivity index (χ2n) is 8.95. The fourth-order valence-corrected chi connectivity index (χ4v) is 3.96. The molecule has 31 heavy (non-hydrogen) atoms. The van der Waals surface area contributed by atoms with Gasteiger partial charge < -0.3 is 14.7 Å². The van der Waals surface area contributed by atoms with Crippen LogP contribution in [-0.4, -0.2) is 63.1 Å². The van der Waals surface area contributed by atoms with Gasteiger partial charge in [-0.1, -0.05) is 18.9 Å². The van der Waals surface area contributed by atoms with E-state index in [0.29, 0.717) is 19.4 Å². The average molecular weight is 440 g/mol. The first-order valence-corrected chi connectivity index (χ1v) is 10.3. The summed E-state index contributed by atoms with van der Waals surface area (Å²) < 4.78 is 29.3. The van der Waals surface area contributed by atoms with Gasteiger partial charge in [-0.25, -0.2) is 13.6 Å². The Kier molecular flexibility index (Phi) is 7.62. The Hall–Kier alpha value is -2.71. The van der Waals surface area contributed by atoms with Crippen LogP contribution in [0.15, 0.2) is 24.3 Å². The minimum atomic E-state index is -1.04. The largest absolute Gasteiger partial charge is 0.480 e. The molecule has 0 bridgehead atoms. The smallest absolute Gasteiger partial charge is 0.411 e. The van der Waals surface area contributed by atoms with Gasteiger partial charge in [-0.3, -0.25) is 14.5 Å². The van der Waals surface area contributed by atoms with Gasteiger partial charge in [-0.15, -0.1) is 0 Å². The van der Waals surface area contributed by atoms with Crippen LogP contribution in [0.4, 0.5) is 13.6 Å². The Morgan fingerprint density at radius 2 is 1.74 bits per heavy atom. The Labute approximate surface area is 181 Å². The quantitative estimate of drug-likeness (QED) is 0.756. The van der Waals surface area contributed by atoms with E-state index in [0.717, 1.165) is 18.9 Å². The number of rotatable bonds is 2. The molecule has 1 aliphatic carbocycles. The van der Waals surface area contributed by atoms with Crippen molar-refractivity contribution in [3.05, 3.63) is 35.9 Å². The monoisotopic (exact) mass is 440 g/mol. The molecule has 1 spiro atoms. The lowest BCUT2D eigenvalue weighted by Gasteiger charge is -2.50. The summed E-state index contributed by atoms with van der Waals surface area (Å²) in [6.07, 6.45) is 2.33. The molecule has 9 heteroatoms. The van der Waals surface area contributed by atoms with Crippen molar-refractivity contribution < 1.29 is 33.0 Å². The van der Waals surface area contributed by atoms with Gasteiger partial charge in [0.2, 0.25) is 5.91 Å². The predicted octanol–water partition coefficient (Wildman–Crippen LogP) is 3.82. The van der Waals surface area contributed by atoms with Crippen LogP contribution in [0.5, 0.6) is 0 Å². The number of piperazine rings is 1. The van der Waals surface area contributed by atoms with Crippen molar-refractivity contribution in [2.45, 2.75) is 70.6 Å². The first-order chi connectivity index (χ1) is 14.4. The SMILES string of the molecule is CC1CN(C(=O)OC(C)(C)C)C2(CCCC2)C(=O)N1CC(=O)O.Fc1cccc(F)c1. The lowest BCUT2D eigenvalue weighted by atomic mass is 9.89. The number of hydrogen-bond acceptors (Lipinski definition) is 4. The third-order valence-corrected chi connectivity index (χ3v) is 5.29. The third kappa shape index (κ3) is 6.15. The van der Waals surface area contributed by atoms with Crippen LogP contribution in [0.2, 0.25) is 0 Å². The summed E-state index contributed by atoms with van der Waals surface area (Å²) in [4.78, 5) is 39.6. The number of carbonyl (C=O) groups excluding carboxylic acids is 2. The number of carboxylic acid groups (broad SMARTS) is 1. The molecule has 1 aliphatic heterocycles. The van der Waals surface area contributed by atoms with E-state index in [4.69, 9.17) is 9.84 Å². The minimum Gasteiger partial charge on any atom is -0.480 e. The summed E-state index contributed by atoms with van der Waals surface area (Å²) in [5.74, 6) is -2.37. The molecule has 2 amide bonds. The van der Waals surface area contributed by atoms with Gasteiger partial charge in [0.05, 0.1) is 0 Å². The number of carboxylic acids is 1. The van der Waals surface area contributed by atoms with Crippen molar-refractivity contribution in [1.82, 2.24) is 9.80 Å². The number of ether oxygens (including phenoxy) is 1. The molecule has 1 heterocycles. The molecular weight excluding hydrogens is 410 g/mol. The molecule has 1 saturated carbocycles. The molecule has 1 aromatic carbocycles. The zero-order chi connectivity index (χ0) is 23.4. The Bertz CT molecular complexity index is 801.